The van der Waals surface area contributed by atoms with Crippen LogP contribution in [0.2, 0.25) is 5.02 Å². The molecule has 0 aliphatic rings. The minimum atomic E-state index is -3.96. The van der Waals surface area contributed by atoms with Crippen LogP contribution in [0.1, 0.15) is 13.8 Å². The van der Waals surface area contributed by atoms with Gasteiger partial charge in [-0.05, 0) is 18.1 Å². The van der Waals surface area contributed by atoms with Gasteiger partial charge in [0.2, 0.25) is 10.0 Å². The third-order valence-electron chi connectivity index (χ3n) is 2.73. The first-order chi connectivity index (χ1) is 9.19. The second kappa shape index (κ2) is 6.49. The zero-order valence-corrected chi connectivity index (χ0v) is 12.5. The maximum atomic E-state index is 12.1. The van der Waals surface area contributed by atoms with Crippen LogP contribution in [0.4, 0.5) is 5.69 Å². The lowest BCUT2D eigenvalue weighted by Gasteiger charge is -2.19. The van der Waals surface area contributed by atoms with E-state index in [9.17, 15) is 18.5 Å². The Morgan fingerprint density at radius 3 is 2.50 bits per heavy atom. The predicted octanol–water partition coefficient (Wildman–Crippen LogP) is 1.54. The van der Waals surface area contributed by atoms with Gasteiger partial charge in [-0.25, -0.2) is 13.1 Å². The van der Waals surface area contributed by atoms with Crippen molar-refractivity contribution in [2.75, 3.05) is 6.61 Å². The van der Waals surface area contributed by atoms with Gasteiger partial charge in [0, 0.05) is 12.1 Å². The van der Waals surface area contributed by atoms with Crippen LogP contribution in [0.25, 0.3) is 0 Å². The number of benzene rings is 1. The minimum absolute atomic E-state index is 0.128. The third kappa shape index (κ3) is 3.89. The van der Waals surface area contributed by atoms with E-state index in [0.717, 1.165) is 12.1 Å². The van der Waals surface area contributed by atoms with Gasteiger partial charge in [0.05, 0.1) is 16.4 Å². The summed E-state index contributed by atoms with van der Waals surface area (Å²) in [5.74, 6) is -0.128. The van der Waals surface area contributed by atoms with E-state index in [0.29, 0.717) is 0 Å². The molecule has 20 heavy (non-hydrogen) atoms. The molecule has 0 fully saturated rings. The van der Waals surface area contributed by atoms with Gasteiger partial charge in [-0.1, -0.05) is 25.4 Å². The Morgan fingerprint density at radius 1 is 1.45 bits per heavy atom. The molecule has 112 valence electrons. The number of nitrogens with one attached hydrogen (secondary N) is 1. The molecule has 0 aliphatic heterocycles. The summed E-state index contributed by atoms with van der Waals surface area (Å²) < 4.78 is 26.5. The number of sulfonamides is 1. The maximum Gasteiger partial charge on any atom is 0.289 e. The summed E-state index contributed by atoms with van der Waals surface area (Å²) in [6.45, 7) is 3.12. The first kappa shape index (κ1) is 16.8. The van der Waals surface area contributed by atoms with Crippen molar-refractivity contribution in [3.05, 3.63) is 33.3 Å². The van der Waals surface area contributed by atoms with Crippen LogP contribution in [-0.4, -0.2) is 31.1 Å². The van der Waals surface area contributed by atoms with Crippen LogP contribution in [0.3, 0.4) is 0 Å². The van der Waals surface area contributed by atoms with Gasteiger partial charge in [-0.2, -0.15) is 0 Å². The van der Waals surface area contributed by atoms with Crippen molar-refractivity contribution in [1.29, 1.82) is 0 Å². The molecule has 0 spiro atoms. The molecule has 0 amide bonds. The standard InChI is InChI=1S/C11H15ClN2O5S/c1-7(2)10(6-15)13-20(18,19)8-3-4-9(12)11(5-8)14(16)17/h3-5,7,10,13,15H,6H2,1-2H3. The van der Waals surface area contributed by atoms with Gasteiger partial charge in [0.1, 0.15) is 5.02 Å². The Balaban J connectivity index is 3.16. The van der Waals surface area contributed by atoms with Crippen molar-refractivity contribution in [1.82, 2.24) is 4.72 Å². The number of nitrogens with zero attached hydrogens (tertiary/aromatic N) is 1. The van der Waals surface area contributed by atoms with E-state index in [4.69, 9.17) is 16.7 Å². The van der Waals surface area contributed by atoms with E-state index in [1.165, 1.54) is 6.07 Å². The highest BCUT2D eigenvalue weighted by atomic mass is 35.5. The molecule has 1 aromatic rings. The fraction of sp³-hybridized carbons (Fsp3) is 0.455. The second-order valence-corrected chi connectivity index (χ2v) is 6.65. The van der Waals surface area contributed by atoms with Crippen LogP contribution >= 0.6 is 11.6 Å². The molecule has 1 rings (SSSR count). The summed E-state index contributed by atoms with van der Waals surface area (Å²) >= 11 is 5.63. The van der Waals surface area contributed by atoms with Crippen LogP contribution in [-0.2, 0) is 10.0 Å². The first-order valence-electron chi connectivity index (χ1n) is 5.76. The Hall–Kier alpha value is -1.22. The Labute approximate surface area is 121 Å². The molecule has 9 heteroatoms. The monoisotopic (exact) mass is 322 g/mol. The van der Waals surface area contributed by atoms with Gasteiger partial charge in [-0.3, -0.25) is 10.1 Å². The number of aliphatic hydroxyl groups is 1. The van der Waals surface area contributed by atoms with E-state index in [1.54, 1.807) is 13.8 Å². The number of rotatable bonds is 6. The Kier molecular flexibility index (Phi) is 5.46. The Morgan fingerprint density at radius 2 is 2.05 bits per heavy atom. The van der Waals surface area contributed by atoms with E-state index in [-0.39, 0.29) is 22.4 Å². The summed E-state index contributed by atoms with van der Waals surface area (Å²) in [4.78, 5) is 9.73. The molecular formula is C11H15ClN2O5S. The van der Waals surface area contributed by atoms with Crippen LogP contribution in [0.5, 0.6) is 0 Å². The van der Waals surface area contributed by atoms with Crippen LogP contribution in [0, 0.1) is 16.0 Å². The minimum Gasteiger partial charge on any atom is -0.395 e. The fourth-order valence-electron chi connectivity index (χ4n) is 1.45. The lowest BCUT2D eigenvalue weighted by Crippen LogP contribution is -2.41. The smallest absolute Gasteiger partial charge is 0.289 e. The van der Waals surface area contributed by atoms with Crippen molar-refractivity contribution in [2.24, 2.45) is 5.92 Å². The van der Waals surface area contributed by atoms with E-state index in [1.807, 2.05) is 0 Å². The summed E-state index contributed by atoms with van der Waals surface area (Å²) in [5.41, 5.74) is -0.486. The molecule has 0 aromatic heterocycles. The quantitative estimate of drug-likeness (QED) is 0.610. The number of nitro benzene ring substituents is 1. The van der Waals surface area contributed by atoms with Crippen LogP contribution in [0.15, 0.2) is 23.1 Å². The highest BCUT2D eigenvalue weighted by molar-refractivity contribution is 7.89. The van der Waals surface area contributed by atoms with Gasteiger partial charge in [0.15, 0.2) is 0 Å². The molecule has 2 N–H and O–H groups in total. The molecule has 1 atom stereocenters. The lowest BCUT2D eigenvalue weighted by atomic mass is 10.1. The summed E-state index contributed by atoms with van der Waals surface area (Å²) in [6, 6.07) is 2.54. The average molecular weight is 323 g/mol. The van der Waals surface area contributed by atoms with Crippen molar-refractivity contribution in [3.8, 4) is 0 Å². The highest BCUT2D eigenvalue weighted by Crippen LogP contribution is 2.27. The summed E-state index contributed by atoms with van der Waals surface area (Å²) in [6.07, 6.45) is 0. The van der Waals surface area contributed by atoms with Gasteiger partial charge < -0.3 is 5.11 Å². The van der Waals surface area contributed by atoms with Gasteiger partial charge >= 0.3 is 0 Å². The van der Waals surface area contributed by atoms with Gasteiger partial charge in [0.25, 0.3) is 5.69 Å². The summed E-state index contributed by atoms with van der Waals surface area (Å²) in [5, 5.41) is 19.7. The second-order valence-electron chi connectivity index (χ2n) is 4.52. The first-order valence-corrected chi connectivity index (χ1v) is 7.62. The van der Waals surface area contributed by atoms with Crippen molar-refractivity contribution < 1.29 is 18.4 Å². The normalized spacial score (nSPS) is 13.4. The van der Waals surface area contributed by atoms with Crippen molar-refractivity contribution >= 4 is 27.3 Å². The van der Waals surface area contributed by atoms with Crippen molar-refractivity contribution in [3.63, 3.8) is 0 Å². The molecule has 1 unspecified atom stereocenters. The van der Waals surface area contributed by atoms with Crippen LogP contribution < -0.4 is 4.72 Å². The molecule has 0 aliphatic carbocycles. The molecule has 7 nitrogen and oxygen atoms in total. The van der Waals surface area contributed by atoms with E-state index < -0.39 is 26.7 Å². The Bertz CT molecular complexity index is 603. The van der Waals surface area contributed by atoms with E-state index >= 15 is 0 Å². The predicted molar refractivity (Wildman–Crippen MR) is 74.1 cm³/mol. The maximum absolute atomic E-state index is 12.1. The zero-order valence-electron chi connectivity index (χ0n) is 10.9. The number of hydrogen-bond donors (Lipinski definition) is 2. The third-order valence-corrected chi connectivity index (χ3v) is 4.54. The molecule has 1 aromatic carbocycles. The number of hydrogen-bond acceptors (Lipinski definition) is 5. The van der Waals surface area contributed by atoms with Gasteiger partial charge in [-0.15, -0.1) is 0 Å². The average Bonchev–Trinajstić information content (AvgIpc) is 2.35. The van der Waals surface area contributed by atoms with Crippen molar-refractivity contribution in [2.45, 2.75) is 24.8 Å². The fourth-order valence-corrected chi connectivity index (χ4v) is 3.03. The largest absolute Gasteiger partial charge is 0.395 e. The molecule has 0 radical (unpaired) electrons. The SMILES string of the molecule is CC(C)C(CO)NS(=O)(=O)c1ccc(Cl)c([N+](=O)[O-])c1. The lowest BCUT2D eigenvalue weighted by molar-refractivity contribution is -0.384. The topological polar surface area (TPSA) is 110 Å². The molecule has 0 bridgehead atoms. The number of nitro groups is 1. The summed E-state index contributed by atoms with van der Waals surface area (Å²) in [7, 11) is -3.96. The number of halogens is 1. The number of aliphatic hydroxyl groups excluding tert-OH is 1. The zero-order chi connectivity index (χ0) is 15.5. The van der Waals surface area contributed by atoms with E-state index in [2.05, 4.69) is 4.72 Å². The molecule has 0 saturated heterocycles. The molecule has 0 heterocycles. The molecular weight excluding hydrogens is 308 g/mol. The highest BCUT2D eigenvalue weighted by Gasteiger charge is 2.24. The molecule has 0 saturated carbocycles.